The number of carbonyl (C=O) groups is 2. The molecule has 1 atom stereocenters. The van der Waals surface area contributed by atoms with Crippen molar-refractivity contribution in [3.63, 3.8) is 0 Å². The summed E-state index contributed by atoms with van der Waals surface area (Å²) in [4.78, 5) is 24.5. The van der Waals surface area contributed by atoms with Gasteiger partial charge in [0.2, 0.25) is 0 Å². The second kappa shape index (κ2) is 9.73. The number of hydrogen-bond donors (Lipinski definition) is 1. The van der Waals surface area contributed by atoms with Crippen molar-refractivity contribution in [2.45, 2.75) is 39.6 Å². The van der Waals surface area contributed by atoms with Gasteiger partial charge in [-0.3, -0.25) is 4.79 Å². The number of amides is 1. The lowest BCUT2D eigenvalue weighted by Gasteiger charge is -2.14. The summed E-state index contributed by atoms with van der Waals surface area (Å²) in [6.45, 7) is 5.93. The maximum Gasteiger partial charge on any atom is 0.338 e. The molecule has 0 aliphatic rings. The van der Waals surface area contributed by atoms with Crippen molar-refractivity contribution in [2.75, 3.05) is 12.4 Å². The van der Waals surface area contributed by atoms with Crippen molar-refractivity contribution in [1.82, 2.24) is 0 Å². The van der Waals surface area contributed by atoms with Gasteiger partial charge in [-0.05, 0) is 50.6 Å². The van der Waals surface area contributed by atoms with E-state index >= 15 is 0 Å². The standard InChI is InChI=1S/C21H25NO5/c1-14(2)26-13-16-8-10-17(11-9-16)21(24)27-15(3)20(23)22-18-6-5-7-19(12-18)25-4/h5-12,14-15H,13H2,1-4H3,(H,22,23)/t15-/m1/s1. The predicted octanol–water partition coefficient (Wildman–Crippen LogP) is 3.80. The molecular weight excluding hydrogens is 346 g/mol. The summed E-state index contributed by atoms with van der Waals surface area (Å²) in [5, 5.41) is 2.70. The summed E-state index contributed by atoms with van der Waals surface area (Å²) in [6, 6.07) is 13.9. The van der Waals surface area contributed by atoms with Gasteiger partial charge in [-0.2, -0.15) is 0 Å². The number of anilines is 1. The third-order valence-electron chi connectivity index (χ3n) is 3.76. The first kappa shape index (κ1) is 20.5. The van der Waals surface area contributed by atoms with Crippen LogP contribution in [0.1, 0.15) is 36.7 Å². The lowest BCUT2D eigenvalue weighted by Crippen LogP contribution is -2.30. The van der Waals surface area contributed by atoms with Gasteiger partial charge in [0, 0.05) is 11.8 Å². The zero-order valence-electron chi connectivity index (χ0n) is 16.0. The van der Waals surface area contributed by atoms with Gasteiger partial charge in [0.05, 0.1) is 25.4 Å². The van der Waals surface area contributed by atoms with E-state index in [4.69, 9.17) is 14.2 Å². The number of esters is 1. The van der Waals surface area contributed by atoms with Crippen molar-refractivity contribution in [3.05, 3.63) is 59.7 Å². The maximum atomic E-state index is 12.2. The summed E-state index contributed by atoms with van der Waals surface area (Å²) >= 11 is 0. The molecule has 0 aromatic heterocycles. The van der Waals surface area contributed by atoms with Crippen molar-refractivity contribution >= 4 is 17.6 Å². The van der Waals surface area contributed by atoms with E-state index in [0.717, 1.165) is 5.56 Å². The average Bonchev–Trinajstić information content (AvgIpc) is 2.66. The summed E-state index contributed by atoms with van der Waals surface area (Å²) in [5.41, 5.74) is 1.91. The van der Waals surface area contributed by atoms with E-state index in [1.807, 2.05) is 13.8 Å². The number of nitrogens with one attached hydrogen (secondary N) is 1. The maximum absolute atomic E-state index is 12.2. The molecular formula is C21H25NO5. The van der Waals surface area contributed by atoms with Gasteiger partial charge in [-0.25, -0.2) is 4.79 Å². The Labute approximate surface area is 159 Å². The molecule has 0 bridgehead atoms. The number of rotatable bonds is 8. The van der Waals surface area contributed by atoms with E-state index in [9.17, 15) is 9.59 Å². The minimum absolute atomic E-state index is 0.138. The first-order chi connectivity index (χ1) is 12.9. The van der Waals surface area contributed by atoms with Crippen LogP contribution in [0, 0.1) is 0 Å². The lowest BCUT2D eigenvalue weighted by atomic mass is 10.1. The smallest absolute Gasteiger partial charge is 0.338 e. The Kier molecular flexibility index (Phi) is 7.37. The second-order valence-corrected chi connectivity index (χ2v) is 6.33. The van der Waals surface area contributed by atoms with E-state index in [2.05, 4.69) is 5.32 Å². The van der Waals surface area contributed by atoms with Gasteiger partial charge in [-0.15, -0.1) is 0 Å². The molecule has 6 heteroatoms. The van der Waals surface area contributed by atoms with Crippen LogP contribution in [0.2, 0.25) is 0 Å². The van der Waals surface area contributed by atoms with Crippen LogP contribution in [0.25, 0.3) is 0 Å². The van der Waals surface area contributed by atoms with Crippen LogP contribution in [-0.2, 0) is 20.9 Å². The van der Waals surface area contributed by atoms with Crippen molar-refractivity contribution < 1.29 is 23.8 Å². The minimum Gasteiger partial charge on any atom is -0.497 e. The fraction of sp³-hybridized carbons (Fsp3) is 0.333. The molecule has 27 heavy (non-hydrogen) atoms. The molecule has 0 aliphatic carbocycles. The highest BCUT2D eigenvalue weighted by molar-refractivity contribution is 5.97. The number of methoxy groups -OCH3 is 1. The van der Waals surface area contributed by atoms with Gasteiger partial charge in [0.1, 0.15) is 5.75 Å². The molecule has 0 saturated heterocycles. The molecule has 0 fully saturated rings. The summed E-state index contributed by atoms with van der Waals surface area (Å²) in [5.74, 6) is -0.350. The second-order valence-electron chi connectivity index (χ2n) is 6.33. The Balaban J connectivity index is 1.90. The molecule has 0 saturated carbocycles. The molecule has 2 aromatic rings. The molecule has 2 aromatic carbocycles. The first-order valence-corrected chi connectivity index (χ1v) is 8.75. The van der Waals surface area contributed by atoms with Crippen LogP contribution in [0.3, 0.4) is 0 Å². The van der Waals surface area contributed by atoms with Crippen LogP contribution < -0.4 is 10.1 Å². The van der Waals surface area contributed by atoms with E-state index in [1.54, 1.807) is 55.6 Å². The fourth-order valence-corrected chi connectivity index (χ4v) is 2.23. The summed E-state index contributed by atoms with van der Waals surface area (Å²) in [7, 11) is 1.55. The third kappa shape index (κ3) is 6.42. The van der Waals surface area contributed by atoms with Gasteiger partial charge in [-0.1, -0.05) is 18.2 Å². The zero-order chi connectivity index (χ0) is 19.8. The van der Waals surface area contributed by atoms with E-state index < -0.39 is 18.0 Å². The van der Waals surface area contributed by atoms with Crippen molar-refractivity contribution in [1.29, 1.82) is 0 Å². The van der Waals surface area contributed by atoms with E-state index in [0.29, 0.717) is 23.6 Å². The summed E-state index contributed by atoms with van der Waals surface area (Å²) in [6.07, 6.45) is -0.800. The monoisotopic (exact) mass is 371 g/mol. The third-order valence-corrected chi connectivity index (χ3v) is 3.76. The Morgan fingerprint density at radius 1 is 1.04 bits per heavy atom. The highest BCUT2D eigenvalue weighted by atomic mass is 16.5. The molecule has 0 heterocycles. The summed E-state index contributed by atoms with van der Waals surface area (Å²) < 4.78 is 15.9. The normalized spacial score (nSPS) is 11.7. The highest BCUT2D eigenvalue weighted by Crippen LogP contribution is 2.17. The molecule has 1 N–H and O–H groups in total. The molecule has 2 rings (SSSR count). The molecule has 0 unspecified atom stereocenters. The molecule has 0 aliphatic heterocycles. The van der Waals surface area contributed by atoms with E-state index in [-0.39, 0.29) is 6.10 Å². The van der Waals surface area contributed by atoms with Gasteiger partial charge in [0.15, 0.2) is 6.10 Å². The molecule has 0 spiro atoms. The highest BCUT2D eigenvalue weighted by Gasteiger charge is 2.19. The van der Waals surface area contributed by atoms with Gasteiger partial charge in [0.25, 0.3) is 5.91 Å². The topological polar surface area (TPSA) is 73.9 Å². The Morgan fingerprint density at radius 2 is 1.74 bits per heavy atom. The number of benzene rings is 2. The largest absolute Gasteiger partial charge is 0.497 e. The van der Waals surface area contributed by atoms with Crippen LogP contribution in [-0.4, -0.2) is 31.2 Å². The molecule has 6 nitrogen and oxygen atoms in total. The molecule has 1 amide bonds. The Hall–Kier alpha value is -2.86. The molecule has 0 radical (unpaired) electrons. The van der Waals surface area contributed by atoms with Gasteiger partial charge < -0.3 is 19.5 Å². The van der Waals surface area contributed by atoms with Crippen molar-refractivity contribution in [3.8, 4) is 5.75 Å². The number of hydrogen-bond acceptors (Lipinski definition) is 5. The Bertz CT molecular complexity index is 770. The number of ether oxygens (including phenoxy) is 3. The van der Waals surface area contributed by atoms with Crippen LogP contribution >= 0.6 is 0 Å². The van der Waals surface area contributed by atoms with Crippen LogP contribution in [0.15, 0.2) is 48.5 Å². The lowest BCUT2D eigenvalue weighted by molar-refractivity contribution is -0.123. The predicted molar refractivity (Wildman–Crippen MR) is 103 cm³/mol. The zero-order valence-corrected chi connectivity index (χ0v) is 16.0. The SMILES string of the molecule is COc1cccc(NC(=O)[C@@H](C)OC(=O)c2ccc(COC(C)C)cc2)c1. The molecule has 144 valence electrons. The number of carbonyl (C=O) groups excluding carboxylic acids is 2. The Morgan fingerprint density at radius 3 is 2.37 bits per heavy atom. The quantitative estimate of drug-likeness (QED) is 0.715. The van der Waals surface area contributed by atoms with Gasteiger partial charge >= 0.3 is 5.97 Å². The first-order valence-electron chi connectivity index (χ1n) is 8.75. The average molecular weight is 371 g/mol. The van der Waals surface area contributed by atoms with Crippen LogP contribution in [0.5, 0.6) is 5.75 Å². The van der Waals surface area contributed by atoms with Crippen LogP contribution in [0.4, 0.5) is 5.69 Å². The van der Waals surface area contributed by atoms with E-state index in [1.165, 1.54) is 6.92 Å². The minimum atomic E-state index is -0.937. The van der Waals surface area contributed by atoms with Crippen molar-refractivity contribution in [2.24, 2.45) is 0 Å². The fourth-order valence-electron chi connectivity index (χ4n) is 2.23.